The Morgan fingerprint density at radius 1 is 1.21 bits per heavy atom. The van der Waals surface area contributed by atoms with Gasteiger partial charge in [-0.25, -0.2) is 9.97 Å². The SMILES string of the molecule is Cc1cc(C)c2c(NC[C@H]3CC[C@H](NC(=O)c4cc(C(F)(F)F)cnc4Cl)CC3)c[nH]c2n1. The second-order valence-electron chi connectivity index (χ2n) is 8.64. The second kappa shape index (κ2) is 9.21. The van der Waals surface area contributed by atoms with Crippen molar-refractivity contribution in [1.29, 1.82) is 0 Å². The van der Waals surface area contributed by atoms with Crippen LogP contribution in [-0.2, 0) is 6.18 Å². The molecule has 33 heavy (non-hydrogen) atoms. The van der Waals surface area contributed by atoms with E-state index in [0.717, 1.165) is 66.3 Å². The van der Waals surface area contributed by atoms with Gasteiger partial charge in [-0.2, -0.15) is 13.2 Å². The Bertz CT molecular complexity index is 1170. The third-order valence-corrected chi connectivity index (χ3v) is 6.44. The maximum Gasteiger partial charge on any atom is 0.417 e. The highest BCUT2D eigenvalue weighted by Gasteiger charge is 2.33. The predicted molar refractivity (Wildman–Crippen MR) is 122 cm³/mol. The minimum Gasteiger partial charge on any atom is -0.383 e. The third-order valence-electron chi connectivity index (χ3n) is 6.14. The Balaban J connectivity index is 1.31. The van der Waals surface area contributed by atoms with Gasteiger partial charge in [0.15, 0.2) is 0 Å². The number of hydrogen-bond acceptors (Lipinski definition) is 4. The number of aromatic nitrogens is 3. The van der Waals surface area contributed by atoms with Crippen molar-refractivity contribution < 1.29 is 18.0 Å². The summed E-state index contributed by atoms with van der Waals surface area (Å²) in [5.41, 5.74) is 2.77. The molecule has 1 aliphatic rings. The fraction of sp³-hybridized carbons (Fsp3) is 0.435. The summed E-state index contributed by atoms with van der Waals surface area (Å²) < 4.78 is 38.8. The molecule has 1 aliphatic carbocycles. The normalized spacial score (nSPS) is 19.0. The standard InChI is InChI=1S/C23H25ClF3N5O/c1-12-7-13(2)31-21-19(12)18(11-30-21)28-9-14-3-5-16(6-4-14)32-22(33)17-8-15(23(25,26)27)10-29-20(17)24/h7-8,10-11,14,16,28H,3-6,9H2,1-2H3,(H,30,31)(H,32,33)/t14-,16-. The molecular formula is C23H25ClF3N5O. The molecule has 0 radical (unpaired) electrons. The van der Waals surface area contributed by atoms with Gasteiger partial charge in [0.1, 0.15) is 10.8 Å². The molecule has 3 aromatic heterocycles. The predicted octanol–water partition coefficient (Wildman–Crippen LogP) is 5.65. The molecular weight excluding hydrogens is 455 g/mol. The van der Waals surface area contributed by atoms with E-state index in [0.29, 0.717) is 12.1 Å². The minimum absolute atomic E-state index is 0.109. The lowest BCUT2D eigenvalue weighted by atomic mass is 9.86. The minimum atomic E-state index is -4.59. The highest BCUT2D eigenvalue weighted by molar-refractivity contribution is 6.32. The zero-order valence-electron chi connectivity index (χ0n) is 18.3. The first kappa shape index (κ1) is 23.4. The fourth-order valence-corrected chi connectivity index (χ4v) is 4.61. The van der Waals surface area contributed by atoms with Gasteiger partial charge in [-0.1, -0.05) is 11.6 Å². The van der Waals surface area contributed by atoms with Gasteiger partial charge in [0.25, 0.3) is 5.91 Å². The molecule has 3 aromatic rings. The van der Waals surface area contributed by atoms with Crippen molar-refractivity contribution in [3.05, 3.63) is 52.1 Å². The lowest BCUT2D eigenvalue weighted by molar-refractivity contribution is -0.137. The van der Waals surface area contributed by atoms with Crippen molar-refractivity contribution >= 4 is 34.2 Å². The molecule has 3 heterocycles. The van der Waals surface area contributed by atoms with Crippen molar-refractivity contribution in [2.24, 2.45) is 5.92 Å². The Kier molecular flexibility index (Phi) is 6.52. The lowest BCUT2D eigenvalue weighted by Gasteiger charge is -2.29. The number of pyridine rings is 2. The van der Waals surface area contributed by atoms with Crippen LogP contribution in [0.25, 0.3) is 11.0 Å². The first-order chi connectivity index (χ1) is 15.6. The van der Waals surface area contributed by atoms with Crippen LogP contribution in [0.15, 0.2) is 24.5 Å². The number of H-pyrrole nitrogens is 1. The van der Waals surface area contributed by atoms with E-state index < -0.39 is 17.6 Å². The molecule has 0 saturated heterocycles. The van der Waals surface area contributed by atoms with Crippen LogP contribution in [0.1, 0.15) is 52.9 Å². The van der Waals surface area contributed by atoms with Crippen molar-refractivity contribution in [2.45, 2.75) is 51.7 Å². The van der Waals surface area contributed by atoms with E-state index in [2.05, 4.69) is 38.6 Å². The van der Waals surface area contributed by atoms with Gasteiger partial charge < -0.3 is 15.6 Å². The van der Waals surface area contributed by atoms with E-state index >= 15 is 0 Å². The summed E-state index contributed by atoms with van der Waals surface area (Å²) in [4.78, 5) is 23.8. The van der Waals surface area contributed by atoms with E-state index in [1.807, 2.05) is 13.1 Å². The maximum atomic E-state index is 12.9. The topological polar surface area (TPSA) is 82.7 Å². The zero-order valence-corrected chi connectivity index (χ0v) is 19.1. The molecule has 4 rings (SSSR count). The molecule has 0 bridgehead atoms. The number of alkyl halides is 3. The van der Waals surface area contributed by atoms with E-state index in [-0.39, 0.29) is 16.8 Å². The molecule has 0 aliphatic heterocycles. The summed E-state index contributed by atoms with van der Waals surface area (Å²) >= 11 is 5.88. The van der Waals surface area contributed by atoms with Gasteiger partial charge in [0.2, 0.25) is 0 Å². The van der Waals surface area contributed by atoms with Crippen LogP contribution in [0.5, 0.6) is 0 Å². The number of nitrogens with zero attached hydrogens (tertiary/aromatic N) is 2. The summed E-state index contributed by atoms with van der Waals surface area (Å²) in [6.07, 6.45) is 1.25. The third kappa shape index (κ3) is 5.24. The molecule has 1 fully saturated rings. The quantitative estimate of drug-likeness (QED) is 0.413. The largest absolute Gasteiger partial charge is 0.417 e. The van der Waals surface area contributed by atoms with Gasteiger partial charge in [0, 0.05) is 36.1 Å². The molecule has 0 spiro atoms. The molecule has 0 aromatic carbocycles. The monoisotopic (exact) mass is 479 g/mol. The number of halogens is 4. The number of fused-ring (bicyclic) bond motifs is 1. The van der Waals surface area contributed by atoms with Crippen LogP contribution >= 0.6 is 11.6 Å². The molecule has 1 amide bonds. The summed E-state index contributed by atoms with van der Waals surface area (Å²) in [6.45, 7) is 4.83. The highest BCUT2D eigenvalue weighted by Crippen LogP contribution is 2.32. The lowest BCUT2D eigenvalue weighted by Crippen LogP contribution is -2.38. The van der Waals surface area contributed by atoms with Crippen LogP contribution in [0, 0.1) is 19.8 Å². The molecule has 0 unspecified atom stereocenters. The number of carbonyl (C=O) groups excluding carboxylic acids is 1. The van der Waals surface area contributed by atoms with Gasteiger partial charge in [-0.15, -0.1) is 0 Å². The second-order valence-corrected chi connectivity index (χ2v) is 9.00. The van der Waals surface area contributed by atoms with E-state index in [9.17, 15) is 18.0 Å². The Morgan fingerprint density at radius 2 is 1.94 bits per heavy atom. The molecule has 6 nitrogen and oxygen atoms in total. The number of aromatic amines is 1. The van der Waals surface area contributed by atoms with Crippen LogP contribution in [0.4, 0.5) is 18.9 Å². The Labute approximate surface area is 194 Å². The van der Waals surface area contributed by atoms with Crippen molar-refractivity contribution in [3.63, 3.8) is 0 Å². The van der Waals surface area contributed by atoms with Crippen LogP contribution in [0.3, 0.4) is 0 Å². The van der Waals surface area contributed by atoms with Crippen LogP contribution in [0.2, 0.25) is 5.15 Å². The summed E-state index contributed by atoms with van der Waals surface area (Å²) in [5, 5.41) is 7.19. The first-order valence-electron chi connectivity index (χ1n) is 10.8. The molecule has 1 saturated carbocycles. The van der Waals surface area contributed by atoms with E-state index in [1.54, 1.807) is 0 Å². The van der Waals surface area contributed by atoms with E-state index in [1.165, 1.54) is 0 Å². The molecule has 176 valence electrons. The molecule has 10 heteroatoms. The van der Waals surface area contributed by atoms with Crippen molar-refractivity contribution in [3.8, 4) is 0 Å². The van der Waals surface area contributed by atoms with Gasteiger partial charge in [-0.3, -0.25) is 4.79 Å². The fourth-order valence-electron chi connectivity index (χ4n) is 4.42. The zero-order chi connectivity index (χ0) is 23.8. The average molecular weight is 480 g/mol. The number of rotatable bonds is 5. The Hall–Kier alpha value is -2.81. The Morgan fingerprint density at radius 3 is 2.64 bits per heavy atom. The van der Waals surface area contributed by atoms with Gasteiger partial charge in [-0.05, 0) is 63.1 Å². The summed E-state index contributed by atoms with van der Waals surface area (Å²) in [5.74, 6) is -0.196. The molecule has 0 atom stereocenters. The summed E-state index contributed by atoms with van der Waals surface area (Å²) in [7, 11) is 0. The first-order valence-corrected chi connectivity index (χ1v) is 11.2. The van der Waals surface area contributed by atoms with E-state index in [4.69, 9.17) is 11.6 Å². The number of carbonyl (C=O) groups is 1. The van der Waals surface area contributed by atoms with Crippen molar-refractivity contribution in [1.82, 2.24) is 20.3 Å². The highest BCUT2D eigenvalue weighted by atomic mass is 35.5. The number of hydrogen-bond donors (Lipinski definition) is 3. The smallest absolute Gasteiger partial charge is 0.383 e. The number of amides is 1. The number of anilines is 1. The number of nitrogens with one attached hydrogen (secondary N) is 3. The number of aryl methyl sites for hydroxylation is 2. The van der Waals surface area contributed by atoms with Crippen LogP contribution < -0.4 is 10.6 Å². The average Bonchev–Trinajstić information content (AvgIpc) is 3.15. The van der Waals surface area contributed by atoms with Gasteiger partial charge in [0.05, 0.1) is 16.8 Å². The molecule has 3 N–H and O–H groups in total. The maximum absolute atomic E-state index is 12.9. The van der Waals surface area contributed by atoms with Crippen LogP contribution in [-0.4, -0.2) is 33.4 Å². The van der Waals surface area contributed by atoms with Gasteiger partial charge >= 0.3 is 6.18 Å². The van der Waals surface area contributed by atoms with Crippen molar-refractivity contribution in [2.75, 3.05) is 11.9 Å². The summed E-state index contributed by atoms with van der Waals surface area (Å²) in [6, 6.07) is 2.70.